The number of hydrogen-bond acceptors (Lipinski definition) is 4. The van der Waals surface area contributed by atoms with Gasteiger partial charge in [-0.15, -0.1) is 0 Å². The van der Waals surface area contributed by atoms with E-state index in [1.54, 1.807) is 31.2 Å². The average molecular weight is 288 g/mol. The number of carbonyl (C=O) groups is 1. The summed E-state index contributed by atoms with van der Waals surface area (Å²) in [5.41, 5.74) is 6.37. The van der Waals surface area contributed by atoms with Crippen molar-refractivity contribution < 1.29 is 13.9 Å². The molecule has 5 nitrogen and oxygen atoms in total. The van der Waals surface area contributed by atoms with Crippen LogP contribution >= 0.6 is 0 Å². The quantitative estimate of drug-likeness (QED) is 0.884. The molecule has 0 aliphatic heterocycles. The molecule has 112 valence electrons. The molecule has 1 aromatic heterocycles. The zero-order chi connectivity index (χ0) is 15.4. The fourth-order valence-electron chi connectivity index (χ4n) is 1.80. The molecule has 0 spiro atoms. The topological polar surface area (TPSA) is 77.5 Å². The second-order valence-electron chi connectivity index (χ2n) is 5.14. The largest absolute Gasteiger partial charge is 0.491 e. The van der Waals surface area contributed by atoms with Crippen LogP contribution < -0.4 is 15.8 Å². The molecule has 2 rings (SSSR count). The van der Waals surface area contributed by atoms with Gasteiger partial charge in [0.05, 0.1) is 12.1 Å². The fraction of sp³-hybridized carbons (Fsp3) is 0.312. The molecule has 0 radical (unpaired) electrons. The number of carbonyl (C=O) groups excluding carboxylic acids is 1. The molecule has 0 aliphatic carbocycles. The Morgan fingerprint density at radius 3 is 2.33 bits per heavy atom. The summed E-state index contributed by atoms with van der Waals surface area (Å²) in [6, 6.07) is 10.3. The van der Waals surface area contributed by atoms with Gasteiger partial charge in [0.2, 0.25) is 0 Å². The second kappa shape index (κ2) is 6.45. The van der Waals surface area contributed by atoms with Gasteiger partial charge in [-0.25, -0.2) is 0 Å². The molecule has 5 heteroatoms. The predicted octanol–water partition coefficient (Wildman–Crippen LogP) is 3.34. The minimum absolute atomic E-state index is 0.116. The zero-order valence-corrected chi connectivity index (χ0v) is 12.4. The number of furan rings is 1. The van der Waals surface area contributed by atoms with Crippen molar-refractivity contribution in [1.82, 2.24) is 0 Å². The van der Waals surface area contributed by atoms with Gasteiger partial charge in [-0.2, -0.15) is 0 Å². The van der Waals surface area contributed by atoms with E-state index in [2.05, 4.69) is 5.32 Å². The lowest BCUT2D eigenvalue weighted by molar-refractivity contribution is 0.0994. The van der Waals surface area contributed by atoms with E-state index in [0.717, 1.165) is 5.75 Å². The van der Waals surface area contributed by atoms with Gasteiger partial charge in [-0.1, -0.05) is 0 Å². The lowest BCUT2D eigenvalue weighted by Crippen LogP contribution is -2.11. The van der Waals surface area contributed by atoms with Gasteiger partial charge in [0, 0.05) is 5.69 Å². The number of amides is 1. The number of benzene rings is 1. The molecule has 1 heterocycles. The monoisotopic (exact) mass is 288 g/mol. The van der Waals surface area contributed by atoms with Crippen LogP contribution in [-0.4, -0.2) is 12.0 Å². The Kier molecular flexibility index (Phi) is 4.65. The highest BCUT2D eigenvalue weighted by Gasteiger charge is 2.13. The molecular formula is C16H20N2O3. The highest BCUT2D eigenvalue weighted by atomic mass is 16.5. The molecule has 0 bridgehead atoms. The highest BCUT2D eigenvalue weighted by Crippen LogP contribution is 2.19. The van der Waals surface area contributed by atoms with Crippen LogP contribution in [0.2, 0.25) is 0 Å². The summed E-state index contributed by atoms with van der Waals surface area (Å²) in [5.74, 6) is 1.28. The summed E-state index contributed by atoms with van der Waals surface area (Å²) in [4.78, 5) is 12.0. The first-order valence-electron chi connectivity index (χ1n) is 6.89. The van der Waals surface area contributed by atoms with Gasteiger partial charge >= 0.3 is 0 Å². The van der Waals surface area contributed by atoms with Gasteiger partial charge in [0.25, 0.3) is 5.91 Å². The van der Waals surface area contributed by atoms with E-state index < -0.39 is 0 Å². The van der Waals surface area contributed by atoms with E-state index in [4.69, 9.17) is 14.9 Å². The SMILES string of the molecule is CC(C)Oc1ccc(NC(=O)c2ccc(C(C)N)o2)cc1. The average Bonchev–Trinajstić information content (AvgIpc) is 2.90. The molecule has 2 aromatic rings. The van der Waals surface area contributed by atoms with Crippen molar-refractivity contribution >= 4 is 11.6 Å². The van der Waals surface area contributed by atoms with E-state index >= 15 is 0 Å². The number of anilines is 1. The Morgan fingerprint density at radius 1 is 1.14 bits per heavy atom. The molecule has 0 saturated carbocycles. The lowest BCUT2D eigenvalue weighted by atomic mass is 10.3. The molecule has 21 heavy (non-hydrogen) atoms. The van der Waals surface area contributed by atoms with E-state index in [9.17, 15) is 4.79 Å². The maximum absolute atomic E-state index is 12.0. The predicted molar refractivity (Wildman–Crippen MR) is 81.5 cm³/mol. The molecule has 0 aliphatic rings. The van der Waals surface area contributed by atoms with Crippen molar-refractivity contribution in [1.29, 1.82) is 0 Å². The maximum Gasteiger partial charge on any atom is 0.291 e. The van der Waals surface area contributed by atoms with Gasteiger partial charge in [-0.05, 0) is 57.2 Å². The molecule has 1 aromatic carbocycles. The minimum Gasteiger partial charge on any atom is -0.491 e. The molecule has 0 saturated heterocycles. The zero-order valence-electron chi connectivity index (χ0n) is 12.4. The van der Waals surface area contributed by atoms with Crippen molar-refractivity contribution in [2.24, 2.45) is 5.73 Å². The van der Waals surface area contributed by atoms with Crippen molar-refractivity contribution in [2.45, 2.75) is 32.9 Å². The van der Waals surface area contributed by atoms with Gasteiger partial charge in [0.1, 0.15) is 11.5 Å². The number of rotatable bonds is 5. The smallest absolute Gasteiger partial charge is 0.291 e. The third kappa shape index (κ3) is 4.10. The van der Waals surface area contributed by atoms with Crippen LogP contribution in [0, 0.1) is 0 Å². The number of hydrogen-bond donors (Lipinski definition) is 2. The Labute approximate surface area is 124 Å². The summed E-state index contributed by atoms with van der Waals surface area (Å²) >= 11 is 0. The third-order valence-corrected chi connectivity index (χ3v) is 2.78. The first kappa shape index (κ1) is 15.1. The molecule has 1 amide bonds. The van der Waals surface area contributed by atoms with Crippen molar-refractivity contribution in [3.8, 4) is 5.75 Å². The number of nitrogens with two attached hydrogens (primary N) is 1. The van der Waals surface area contributed by atoms with Crippen LogP contribution in [0.15, 0.2) is 40.8 Å². The summed E-state index contributed by atoms with van der Waals surface area (Å²) in [5, 5.41) is 2.76. The van der Waals surface area contributed by atoms with Crippen LogP contribution in [0.25, 0.3) is 0 Å². The Bertz CT molecular complexity index is 600. The van der Waals surface area contributed by atoms with Crippen LogP contribution in [0.3, 0.4) is 0 Å². The maximum atomic E-state index is 12.0. The number of nitrogens with one attached hydrogen (secondary N) is 1. The van der Waals surface area contributed by atoms with E-state index in [1.165, 1.54) is 0 Å². The van der Waals surface area contributed by atoms with Crippen molar-refractivity contribution in [3.05, 3.63) is 47.9 Å². The number of ether oxygens (including phenoxy) is 1. The molecular weight excluding hydrogens is 268 g/mol. The molecule has 1 atom stereocenters. The lowest BCUT2D eigenvalue weighted by Gasteiger charge is -2.10. The van der Waals surface area contributed by atoms with Crippen LogP contribution in [0.5, 0.6) is 5.75 Å². The first-order valence-corrected chi connectivity index (χ1v) is 6.89. The summed E-state index contributed by atoms with van der Waals surface area (Å²) in [6.45, 7) is 5.72. The van der Waals surface area contributed by atoms with Crippen LogP contribution in [-0.2, 0) is 0 Å². The van der Waals surface area contributed by atoms with E-state index in [0.29, 0.717) is 11.4 Å². The first-order chi connectivity index (χ1) is 9.95. The molecule has 3 N–H and O–H groups in total. The van der Waals surface area contributed by atoms with Gasteiger partial charge in [-0.3, -0.25) is 4.79 Å². The Hall–Kier alpha value is -2.27. The third-order valence-electron chi connectivity index (χ3n) is 2.78. The van der Waals surface area contributed by atoms with E-state index in [1.807, 2.05) is 26.0 Å². The van der Waals surface area contributed by atoms with E-state index in [-0.39, 0.29) is 23.8 Å². The van der Waals surface area contributed by atoms with Gasteiger partial charge in [0.15, 0.2) is 5.76 Å². The van der Waals surface area contributed by atoms with Crippen LogP contribution in [0.1, 0.15) is 43.1 Å². The normalized spacial score (nSPS) is 12.2. The van der Waals surface area contributed by atoms with Crippen molar-refractivity contribution in [2.75, 3.05) is 5.32 Å². The Morgan fingerprint density at radius 2 is 1.81 bits per heavy atom. The summed E-state index contributed by atoms with van der Waals surface area (Å²) < 4.78 is 10.9. The fourth-order valence-corrected chi connectivity index (χ4v) is 1.80. The summed E-state index contributed by atoms with van der Waals surface area (Å²) in [7, 11) is 0. The van der Waals surface area contributed by atoms with Crippen molar-refractivity contribution in [3.63, 3.8) is 0 Å². The molecule has 1 unspecified atom stereocenters. The standard InChI is InChI=1S/C16H20N2O3/c1-10(2)20-13-6-4-12(5-7-13)18-16(19)15-9-8-14(21-15)11(3)17/h4-11H,17H2,1-3H3,(H,18,19). The van der Waals surface area contributed by atoms with Crippen LogP contribution in [0.4, 0.5) is 5.69 Å². The summed E-state index contributed by atoms with van der Waals surface area (Å²) in [6.07, 6.45) is 0.116. The van der Waals surface area contributed by atoms with Gasteiger partial charge < -0.3 is 20.2 Å². The second-order valence-corrected chi connectivity index (χ2v) is 5.14. The highest BCUT2D eigenvalue weighted by molar-refractivity contribution is 6.02. The minimum atomic E-state index is -0.306. The molecule has 0 fully saturated rings. The Balaban J connectivity index is 2.01.